The Labute approximate surface area is 242 Å². The van der Waals surface area contributed by atoms with E-state index in [2.05, 4.69) is 11.4 Å². The van der Waals surface area contributed by atoms with Crippen molar-refractivity contribution in [2.75, 3.05) is 26.4 Å². The number of aliphatic hydroxyl groups excluding tert-OH is 1. The van der Waals surface area contributed by atoms with Crippen LogP contribution < -0.4 is 10.1 Å². The molecule has 8 heteroatoms. The molecule has 2 aromatic rings. The van der Waals surface area contributed by atoms with E-state index in [1.807, 2.05) is 50.2 Å². The van der Waals surface area contributed by atoms with Crippen LogP contribution in [0.1, 0.15) is 81.9 Å². The molecule has 2 unspecified atom stereocenters. The van der Waals surface area contributed by atoms with E-state index >= 15 is 0 Å². The molecule has 1 aliphatic heterocycles. The van der Waals surface area contributed by atoms with Gasteiger partial charge in [0, 0.05) is 42.6 Å². The van der Waals surface area contributed by atoms with Crippen LogP contribution in [-0.4, -0.2) is 52.9 Å². The lowest BCUT2D eigenvalue weighted by molar-refractivity contribution is -0.180. The number of benzene rings is 2. The summed E-state index contributed by atoms with van der Waals surface area (Å²) in [5.41, 5.74) is 3.16. The molecule has 2 aliphatic rings. The first-order valence-electron chi connectivity index (χ1n) is 14.9. The van der Waals surface area contributed by atoms with Crippen LogP contribution in [0.25, 0.3) is 0 Å². The van der Waals surface area contributed by atoms with Crippen LogP contribution in [-0.2, 0) is 44.6 Å². The van der Waals surface area contributed by atoms with Crippen LogP contribution in [0.4, 0.5) is 0 Å². The van der Waals surface area contributed by atoms with Gasteiger partial charge in [-0.15, -0.1) is 0 Å². The van der Waals surface area contributed by atoms with Crippen molar-refractivity contribution >= 4 is 10.8 Å². The second-order valence-electron chi connectivity index (χ2n) is 11.3. The average Bonchev–Trinajstić information content (AvgIpc) is 3.48. The van der Waals surface area contributed by atoms with Gasteiger partial charge in [0.25, 0.3) is 0 Å². The second kappa shape index (κ2) is 16.0. The average molecular weight is 574 g/mol. The normalized spacial score (nSPS) is 18.3. The van der Waals surface area contributed by atoms with Gasteiger partial charge in [0.05, 0.1) is 37.2 Å². The van der Waals surface area contributed by atoms with Crippen LogP contribution in [0, 0.1) is 0 Å². The number of unbranched alkanes of at least 4 members (excludes halogenated alkanes) is 3. The zero-order chi connectivity index (χ0) is 28.2. The lowest BCUT2D eigenvalue weighted by Crippen LogP contribution is -2.35. The molecule has 7 nitrogen and oxygen atoms in total. The molecule has 1 aliphatic carbocycles. The summed E-state index contributed by atoms with van der Waals surface area (Å²) in [5, 5.41) is 13.9. The van der Waals surface area contributed by atoms with Gasteiger partial charge < -0.3 is 24.1 Å². The van der Waals surface area contributed by atoms with Gasteiger partial charge in [0.15, 0.2) is 0 Å². The van der Waals surface area contributed by atoms with Gasteiger partial charge in [-0.2, -0.15) is 0 Å². The molecule has 2 aromatic carbocycles. The maximum atomic E-state index is 12.7. The molecule has 2 N–H and O–H groups in total. The number of rotatable bonds is 17. The van der Waals surface area contributed by atoms with Gasteiger partial charge in [-0.05, 0) is 67.6 Å². The summed E-state index contributed by atoms with van der Waals surface area (Å²) in [6, 6.07) is 14.0. The maximum absolute atomic E-state index is 12.7. The molecule has 4 rings (SSSR count). The second-order valence-corrected chi connectivity index (χ2v) is 13.1. The monoisotopic (exact) mass is 573 g/mol. The molecule has 0 amide bonds. The highest BCUT2D eigenvalue weighted by Crippen LogP contribution is 2.32. The van der Waals surface area contributed by atoms with Crippen LogP contribution in [0.2, 0.25) is 0 Å². The highest BCUT2D eigenvalue weighted by molar-refractivity contribution is 7.85. The van der Waals surface area contributed by atoms with Gasteiger partial charge in [-0.25, -0.2) is 0 Å². The van der Waals surface area contributed by atoms with E-state index in [9.17, 15) is 9.32 Å². The third-order valence-corrected chi connectivity index (χ3v) is 9.25. The van der Waals surface area contributed by atoms with Gasteiger partial charge in [-0.1, -0.05) is 43.9 Å². The molecule has 1 heterocycles. The fourth-order valence-corrected chi connectivity index (χ4v) is 6.86. The summed E-state index contributed by atoms with van der Waals surface area (Å²) < 4.78 is 35.8. The molecule has 2 atom stereocenters. The summed E-state index contributed by atoms with van der Waals surface area (Å²) in [4.78, 5) is 0.929. The molecule has 0 radical (unpaired) electrons. The van der Waals surface area contributed by atoms with Gasteiger partial charge >= 0.3 is 0 Å². The van der Waals surface area contributed by atoms with E-state index in [4.69, 9.17) is 18.9 Å². The van der Waals surface area contributed by atoms with Crippen molar-refractivity contribution in [3.8, 4) is 5.75 Å². The van der Waals surface area contributed by atoms with Crippen molar-refractivity contribution in [2.45, 2.75) is 107 Å². The SMILES string of the molecule is CC1(C)OCc2cc(CC(O)NCCCCCCOCCOCc3cccc(S(=O)C4CCCC4)c3)ccc2O1. The predicted octanol–water partition coefficient (Wildman–Crippen LogP) is 5.63. The quantitative estimate of drug-likeness (QED) is 0.187. The molecule has 1 fully saturated rings. The van der Waals surface area contributed by atoms with Crippen LogP contribution in [0.3, 0.4) is 0 Å². The molecule has 222 valence electrons. The Hall–Kier alpha value is -1.81. The van der Waals surface area contributed by atoms with Gasteiger partial charge in [0.2, 0.25) is 5.79 Å². The van der Waals surface area contributed by atoms with E-state index in [1.54, 1.807) is 0 Å². The summed E-state index contributed by atoms with van der Waals surface area (Å²) in [6.07, 6.45) is 8.78. The van der Waals surface area contributed by atoms with Crippen LogP contribution in [0.5, 0.6) is 5.75 Å². The topological polar surface area (TPSA) is 86.3 Å². The molecule has 0 aromatic heterocycles. The van der Waals surface area contributed by atoms with Crippen molar-refractivity contribution < 1.29 is 28.3 Å². The van der Waals surface area contributed by atoms with Crippen molar-refractivity contribution in [3.63, 3.8) is 0 Å². The summed E-state index contributed by atoms with van der Waals surface area (Å²) in [7, 11) is -0.903. The first kappa shape index (κ1) is 31.1. The van der Waals surface area contributed by atoms with E-state index < -0.39 is 22.8 Å². The number of hydrogen-bond acceptors (Lipinski definition) is 7. The third-order valence-electron chi connectivity index (χ3n) is 7.46. The molecule has 0 saturated heterocycles. The number of fused-ring (bicyclic) bond motifs is 1. The van der Waals surface area contributed by atoms with Crippen LogP contribution >= 0.6 is 0 Å². The first-order chi connectivity index (χ1) is 19.4. The minimum Gasteiger partial charge on any atom is -0.463 e. The highest BCUT2D eigenvalue weighted by atomic mass is 32.2. The molecule has 0 spiro atoms. The van der Waals surface area contributed by atoms with E-state index in [-0.39, 0.29) is 0 Å². The van der Waals surface area contributed by atoms with E-state index in [0.717, 1.165) is 79.0 Å². The van der Waals surface area contributed by atoms with Crippen LogP contribution in [0.15, 0.2) is 47.4 Å². The van der Waals surface area contributed by atoms with Gasteiger partial charge in [-0.3, -0.25) is 9.53 Å². The fraction of sp³-hybridized carbons (Fsp3) is 0.625. The van der Waals surface area contributed by atoms with Crippen molar-refractivity contribution in [1.29, 1.82) is 0 Å². The van der Waals surface area contributed by atoms with E-state index in [1.165, 1.54) is 12.8 Å². The van der Waals surface area contributed by atoms with Crippen molar-refractivity contribution in [3.05, 3.63) is 59.2 Å². The minimum atomic E-state index is -0.903. The lowest BCUT2D eigenvalue weighted by Gasteiger charge is -2.32. The molecular weight excluding hydrogens is 526 g/mol. The van der Waals surface area contributed by atoms with Gasteiger partial charge in [0.1, 0.15) is 12.0 Å². The minimum absolute atomic E-state index is 0.318. The first-order valence-corrected chi connectivity index (χ1v) is 16.1. The predicted molar refractivity (Wildman–Crippen MR) is 158 cm³/mol. The van der Waals surface area contributed by atoms with Crippen molar-refractivity contribution in [2.24, 2.45) is 0 Å². The Morgan fingerprint density at radius 1 is 1.00 bits per heavy atom. The number of aliphatic hydroxyl groups is 1. The third kappa shape index (κ3) is 10.2. The number of hydrogen-bond donors (Lipinski definition) is 2. The Morgan fingerprint density at radius 2 is 1.80 bits per heavy atom. The Balaban J connectivity index is 0.973. The smallest absolute Gasteiger partial charge is 0.205 e. The van der Waals surface area contributed by atoms with Crippen molar-refractivity contribution in [1.82, 2.24) is 5.32 Å². The number of nitrogens with one attached hydrogen (secondary N) is 1. The Morgan fingerprint density at radius 3 is 2.65 bits per heavy atom. The molecule has 1 saturated carbocycles. The number of ether oxygens (including phenoxy) is 4. The lowest BCUT2D eigenvalue weighted by atomic mass is 10.1. The summed E-state index contributed by atoms with van der Waals surface area (Å²) >= 11 is 0. The zero-order valence-electron chi connectivity index (χ0n) is 24.2. The maximum Gasteiger partial charge on any atom is 0.205 e. The fourth-order valence-electron chi connectivity index (χ4n) is 5.23. The Bertz CT molecular complexity index is 1070. The largest absolute Gasteiger partial charge is 0.463 e. The molecule has 0 bridgehead atoms. The Kier molecular flexibility index (Phi) is 12.4. The molecule has 40 heavy (non-hydrogen) atoms. The highest BCUT2D eigenvalue weighted by Gasteiger charge is 2.27. The zero-order valence-corrected chi connectivity index (χ0v) is 25.0. The standard InChI is InChI=1S/C32H47NO6S/c1-32(2)38-24-27-20-25(14-15-30(27)39-32)22-31(34)33-16-7-3-4-8-17-36-18-19-37-23-26-10-9-13-29(21-26)40(35)28-11-5-6-12-28/h9-10,13-15,20-21,28,31,33-34H,3-8,11-12,16-19,22-24H2,1-2H3. The summed E-state index contributed by atoms with van der Waals surface area (Å²) in [6.45, 7) is 7.52. The molecular formula is C32H47NO6S. The van der Waals surface area contributed by atoms with E-state index in [0.29, 0.717) is 38.1 Å². The summed E-state index contributed by atoms with van der Waals surface area (Å²) in [5.74, 6) is 0.261.